The van der Waals surface area contributed by atoms with Crippen molar-refractivity contribution < 1.29 is 33.4 Å². The molecule has 2 heterocycles. The van der Waals surface area contributed by atoms with Gasteiger partial charge in [-0.25, -0.2) is 9.69 Å². The van der Waals surface area contributed by atoms with Crippen LogP contribution >= 0.6 is 15.9 Å². The Hall–Kier alpha value is -2.65. The number of carbonyl (C=O) groups is 3. The van der Waals surface area contributed by atoms with E-state index >= 15 is 0 Å². The highest BCUT2D eigenvalue weighted by atomic mass is 79.9. The van der Waals surface area contributed by atoms with Crippen molar-refractivity contribution in [2.75, 3.05) is 13.2 Å². The maximum atomic E-state index is 13.4. The van der Waals surface area contributed by atoms with Gasteiger partial charge in [0.2, 0.25) is 5.91 Å². The first-order chi connectivity index (χ1) is 15.3. The number of hydrogen-bond acceptors (Lipinski definition) is 7. The number of benzene rings is 1. The van der Waals surface area contributed by atoms with E-state index in [9.17, 15) is 14.4 Å². The SMILES string of the molecule is CC(=O)O[C@H](c1cc(Br)c(CCCCO)o1)[C@H](C)C(=O)N1C(=O)OC[C@@H]1c1ccccc1. The molecule has 2 amide bonds. The van der Waals surface area contributed by atoms with Crippen molar-refractivity contribution in [2.24, 2.45) is 5.92 Å². The van der Waals surface area contributed by atoms with Crippen LogP contribution < -0.4 is 0 Å². The predicted molar refractivity (Wildman–Crippen MR) is 117 cm³/mol. The average molecular weight is 508 g/mol. The summed E-state index contributed by atoms with van der Waals surface area (Å²) in [5, 5.41) is 8.99. The maximum absolute atomic E-state index is 13.4. The molecule has 9 heteroatoms. The van der Waals surface area contributed by atoms with Crippen molar-refractivity contribution in [3.05, 3.63) is 58.0 Å². The van der Waals surface area contributed by atoms with E-state index in [0.29, 0.717) is 35.3 Å². The number of amides is 2. The Bertz CT molecular complexity index is 959. The van der Waals surface area contributed by atoms with E-state index in [1.54, 1.807) is 13.0 Å². The number of aryl methyl sites for hydroxylation is 1. The molecule has 1 aromatic carbocycles. The molecule has 0 bridgehead atoms. The standard InChI is InChI=1S/C23H26BrNO7/c1-14(22(28)25-18(13-30-23(25)29)16-8-4-3-5-9-16)21(31-15(2)27)20-12-17(24)19(32-20)10-6-7-11-26/h3-5,8-9,12,14,18,21,26H,6-7,10-11,13H2,1-2H3/t14-,18+,21-/m0/s1. The Morgan fingerprint density at radius 1 is 1.28 bits per heavy atom. The Balaban J connectivity index is 1.86. The van der Waals surface area contributed by atoms with Crippen molar-refractivity contribution in [3.63, 3.8) is 0 Å². The Kier molecular flexibility index (Phi) is 8.09. The molecular weight excluding hydrogens is 482 g/mol. The van der Waals surface area contributed by atoms with Gasteiger partial charge in [-0.05, 0) is 47.3 Å². The number of imide groups is 1. The minimum Gasteiger partial charge on any atom is -0.461 e. The third kappa shape index (κ3) is 5.39. The monoisotopic (exact) mass is 507 g/mol. The molecule has 1 aromatic heterocycles. The first kappa shape index (κ1) is 24.0. The molecule has 0 saturated carbocycles. The largest absolute Gasteiger partial charge is 0.461 e. The van der Waals surface area contributed by atoms with Crippen LogP contribution in [0.3, 0.4) is 0 Å². The number of furan rings is 1. The highest BCUT2D eigenvalue weighted by molar-refractivity contribution is 9.10. The summed E-state index contributed by atoms with van der Waals surface area (Å²) in [4.78, 5) is 38.7. The van der Waals surface area contributed by atoms with Crippen LogP contribution in [0.25, 0.3) is 0 Å². The van der Waals surface area contributed by atoms with Crippen molar-refractivity contribution in [1.29, 1.82) is 0 Å². The predicted octanol–water partition coefficient (Wildman–Crippen LogP) is 4.32. The van der Waals surface area contributed by atoms with E-state index in [4.69, 9.17) is 19.0 Å². The fourth-order valence-corrected chi connectivity index (χ4v) is 4.16. The molecule has 0 radical (unpaired) electrons. The van der Waals surface area contributed by atoms with E-state index < -0.39 is 36.0 Å². The third-order valence-corrected chi connectivity index (χ3v) is 5.97. The molecule has 1 N–H and O–H groups in total. The number of aliphatic hydroxyl groups is 1. The van der Waals surface area contributed by atoms with E-state index in [1.165, 1.54) is 6.92 Å². The van der Waals surface area contributed by atoms with E-state index in [-0.39, 0.29) is 13.2 Å². The lowest BCUT2D eigenvalue weighted by Crippen LogP contribution is -2.40. The smallest absolute Gasteiger partial charge is 0.417 e. The summed E-state index contributed by atoms with van der Waals surface area (Å²) in [6.45, 7) is 2.98. The second-order valence-corrected chi connectivity index (χ2v) is 8.49. The second-order valence-electron chi connectivity index (χ2n) is 7.63. The van der Waals surface area contributed by atoms with Gasteiger partial charge in [0.15, 0.2) is 6.10 Å². The number of rotatable bonds is 9. The number of unbranched alkanes of at least 4 members (excludes halogenated alkanes) is 1. The average Bonchev–Trinajstić information content (AvgIpc) is 3.34. The van der Waals surface area contributed by atoms with Crippen LogP contribution in [0.2, 0.25) is 0 Å². The van der Waals surface area contributed by atoms with Gasteiger partial charge in [-0.15, -0.1) is 0 Å². The molecule has 32 heavy (non-hydrogen) atoms. The van der Waals surface area contributed by atoms with Gasteiger partial charge < -0.3 is 19.0 Å². The lowest BCUT2D eigenvalue weighted by molar-refractivity contribution is -0.154. The van der Waals surface area contributed by atoms with Crippen LogP contribution in [0.15, 0.2) is 45.3 Å². The van der Waals surface area contributed by atoms with Gasteiger partial charge in [-0.3, -0.25) is 9.59 Å². The van der Waals surface area contributed by atoms with Crippen LogP contribution in [-0.4, -0.2) is 41.2 Å². The molecule has 2 aromatic rings. The molecule has 0 spiro atoms. The summed E-state index contributed by atoms with van der Waals surface area (Å²) in [6.07, 6.45) is 0.163. The van der Waals surface area contributed by atoms with Crippen molar-refractivity contribution >= 4 is 33.9 Å². The number of esters is 1. The normalized spacial score (nSPS) is 17.7. The van der Waals surface area contributed by atoms with Crippen molar-refractivity contribution in [1.82, 2.24) is 4.90 Å². The number of halogens is 1. The molecular formula is C23H26BrNO7. The molecule has 8 nitrogen and oxygen atoms in total. The fourth-order valence-electron chi connectivity index (χ4n) is 3.65. The number of cyclic esters (lactones) is 1. The molecule has 0 unspecified atom stereocenters. The highest BCUT2D eigenvalue weighted by Crippen LogP contribution is 2.36. The minimum absolute atomic E-state index is 0.0564. The molecule has 1 fully saturated rings. The van der Waals surface area contributed by atoms with Crippen LogP contribution in [0, 0.1) is 5.92 Å². The van der Waals surface area contributed by atoms with E-state index in [2.05, 4.69) is 15.9 Å². The van der Waals surface area contributed by atoms with E-state index in [0.717, 1.165) is 10.5 Å². The van der Waals surface area contributed by atoms with Crippen LogP contribution in [0.1, 0.15) is 55.9 Å². The number of carbonyl (C=O) groups excluding carboxylic acids is 3. The molecule has 1 aliphatic heterocycles. The number of aliphatic hydroxyl groups excluding tert-OH is 1. The topological polar surface area (TPSA) is 106 Å². The van der Waals surface area contributed by atoms with Gasteiger partial charge in [0.05, 0.1) is 10.4 Å². The fraction of sp³-hybridized carbons (Fsp3) is 0.435. The van der Waals surface area contributed by atoms with Gasteiger partial charge in [0.25, 0.3) is 0 Å². The van der Waals surface area contributed by atoms with Gasteiger partial charge >= 0.3 is 12.1 Å². The Labute approximate surface area is 194 Å². The molecule has 3 rings (SSSR count). The Morgan fingerprint density at radius 3 is 2.66 bits per heavy atom. The van der Waals surface area contributed by atoms with Gasteiger partial charge in [-0.2, -0.15) is 0 Å². The van der Waals surface area contributed by atoms with Crippen molar-refractivity contribution in [2.45, 2.75) is 45.3 Å². The summed E-state index contributed by atoms with van der Waals surface area (Å²) >= 11 is 3.44. The molecule has 3 atom stereocenters. The Morgan fingerprint density at radius 2 is 2.00 bits per heavy atom. The highest BCUT2D eigenvalue weighted by Gasteiger charge is 2.44. The molecule has 0 aliphatic carbocycles. The zero-order chi connectivity index (χ0) is 23.3. The summed E-state index contributed by atoms with van der Waals surface area (Å²) in [5.41, 5.74) is 0.773. The lowest BCUT2D eigenvalue weighted by atomic mass is 9.98. The number of ether oxygens (including phenoxy) is 2. The zero-order valence-electron chi connectivity index (χ0n) is 18.0. The minimum atomic E-state index is -1.02. The number of hydrogen-bond donors (Lipinski definition) is 1. The summed E-state index contributed by atoms with van der Waals surface area (Å²) in [5.74, 6) is -1.07. The van der Waals surface area contributed by atoms with Crippen LogP contribution in [0.4, 0.5) is 4.79 Å². The van der Waals surface area contributed by atoms with E-state index in [1.807, 2.05) is 30.3 Å². The van der Waals surface area contributed by atoms with Gasteiger partial charge in [-0.1, -0.05) is 30.3 Å². The maximum Gasteiger partial charge on any atom is 0.417 e. The molecule has 1 aliphatic rings. The van der Waals surface area contributed by atoms with Crippen LogP contribution in [-0.2, 0) is 25.5 Å². The first-order valence-corrected chi connectivity index (χ1v) is 11.2. The first-order valence-electron chi connectivity index (χ1n) is 10.4. The summed E-state index contributed by atoms with van der Waals surface area (Å²) in [7, 11) is 0. The summed E-state index contributed by atoms with van der Waals surface area (Å²) in [6, 6.07) is 10.2. The van der Waals surface area contributed by atoms with Gasteiger partial charge in [0, 0.05) is 20.0 Å². The molecule has 172 valence electrons. The zero-order valence-corrected chi connectivity index (χ0v) is 19.5. The molecule has 1 saturated heterocycles. The second kappa shape index (κ2) is 10.8. The van der Waals surface area contributed by atoms with Crippen molar-refractivity contribution in [3.8, 4) is 0 Å². The lowest BCUT2D eigenvalue weighted by Gasteiger charge is -2.27. The number of nitrogens with zero attached hydrogens (tertiary/aromatic N) is 1. The van der Waals surface area contributed by atoms with Crippen LogP contribution in [0.5, 0.6) is 0 Å². The third-order valence-electron chi connectivity index (χ3n) is 5.30. The van der Waals surface area contributed by atoms with Gasteiger partial charge in [0.1, 0.15) is 24.2 Å². The summed E-state index contributed by atoms with van der Waals surface area (Å²) < 4.78 is 17.2. The quantitative estimate of drug-likeness (QED) is 0.397.